The summed E-state index contributed by atoms with van der Waals surface area (Å²) in [6.45, 7) is 0.932. The largest absolute Gasteiger partial charge is 0.302 e. The molecule has 5 rings (SSSR count). The van der Waals surface area contributed by atoms with Crippen LogP contribution in [0.3, 0.4) is 0 Å². The van der Waals surface area contributed by atoms with Crippen LogP contribution in [0.1, 0.15) is 19.3 Å². The number of nitrogens with zero attached hydrogens (tertiary/aromatic N) is 1. The summed E-state index contributed by atoms with van der Waals surface area (Å²) in [7, 11) is 0. The molecule has 0 radical (unpaired) electrons. The summed E-state index contributed by atoms with van der Waals surface area (Å²) in [6, 6.07) is 32.0. The van der Waals surface area contributed by atoms with Crippen LogP contribution in [0.15, 0.2) is 91.0 Å². The lowest BCUT2D eigenvalue weighted by Crippen LogP contribution is -2.41. The molecular formula is C27H28NOP. The van der Waals surface area contributed by atoms with Crippen molar-refractivity contribution < 1.29 is 4.79 Å². The van der Waals surface area contributed by atoms with Gasteiger partial charge in [0, 0.05) is 12.0 Å². The smallest absolute Gasteiger partial charge is 0.164 e. The van der Waals surface area contributed by atoms with Gasteiger partial charge in [0.05, 0.1) is 0 Å². The molecule has 0 spiro atoms. The van der Waals surface area contributed by atoms with E-state index in [2.05, 4.69) is 102 Å². The van der Waals surface area contributed by atoms with Crippen LogP contribution in [0.4, 0.5) is 0 Å². The second-order valence-electron chi connectivity index (χ2n) is 8.63. The number of fused-ring (bicyclic) bond motifs is 2. The summed E-state index contributed by atoms with van der Waals surface area (Å²) in [4.78, 5) is 16.5. The normalized spacial score (nSPS) is 23.1. The molecular weight excluding hydrogens is 385 g/mol. The zero-order valence-electron chi connectivity index (χ0n) is 17.3. The lowest BCUT2D eigenvalue weighted by molar-refractivity contribution is -0.121. The number of Topliss-reactive ketones (excluding diaryl/α,β-unsaturated/α-hetero) is 1. The Labute approximate surface area is 179 Å². The highest BCUT2D eigenvalue weighted by atomic mass is 31.2. The Balaban J connectivity index is 1.78. The molecule has 3 heteroatoms. The van der Waals surface area contributed by atoms with Crippen molar-refractivity contribution in [2.45, 2.75) is 19.3 Å². The first-order chi connectivity index (χ1) is 14.7. The van der Waals surface area contributed by atoms with Crippen LogP contribution >= 0.6 is 6.89 Å². The molecule has 2 atom stereocenters. The minimum atomic E-state index is -2.21. The molecule has 2 unspecified atom stereocenters. The van der Waals surface area contributed by atoms with Gasteiger partial charge in [-0.1, -0.05) is 91.0 Å². The van der Waals surface area contributed by atoms with E-state index in [1.807, 2.05) is 0 Å². The molecule has 3 aromatic rings. The van der Waals surface area contributed by atoms with Gasteiger partial charge in [-0.05, 0) is 60.9 Å². The minimum absolute atomic E-state index is 0.193. The van der Waals surface area contributed by atoms with E-state index < -0.39 is 6.89 Å². The summed E-state index contributed by atoms with van der Waals surface area (Å²) in [6.07, 6.45) is 3.16. The molecule has 0 aromatic heterocycles. The summed E-state index contributed by atoms with van der Waals surface area (Å²) >= 11 is 0. The van der Waals surface area contributed by atoms with Gasteiger partial charge in [0.1, 0.15) is 0 Å². The second kappa shape index (κ2) is 8.02. The lowest BCUT2D eigenvalue weighted by atomic mass is 9.78. The Kier molecular flexibility index (Phi) is 5.23. The van der Waals surface area contributed by atoms with Gasteiger partial charge in [-0.25, -0.2) is 0 Å². The molecule has 2 aliphatic rings. The average molecular weight is 414 g/mol. The Morgan fingerprint density at radius 3 is 1.73 bits per heavy atom. The number of benzene rings is 3. The molecule has 2 nitrogen and oxygen atoms in total. The third-order valence-electron chi connectivity index (χ3n) is 6.89. The van der Waals surface area contributed by atoms with Crippen molar-refractivity contribution in [1.29, 1.82) is 0 Å². The summed E-state index contributed by atoms with van der Waals surface area (Å²) in [5.41, 5.74) is -0.193. The Morgan fingerprint density at radius 1 is 0.733 bits per heavy atom. The van der Waals surface area contributed by atoms with Crippen molar-refractivity contribution in [2.24, 2.45) is 5.41 Å². The van der Waals surface area contributed by atoms with Crippen LogP contribution in [0.25, 0.3) is 0 Å². The van der Waals surface area contributed by atoms with Gasteiger partial charge in [0.2, 0.25) is 0 Å². The van der Waals surface area contributed by atoms with Crippen molar-refractivity contribution in [3.8, 4) is 0 Å². The van der Waals surface area contributed by atoms with Crippen LogP contribution in [-0.4, -0.2) is 36.1 Å². The van der Waals surface area contributed by atoms with E-state index in [9.17, 15) is 4.79 Å². The monoisotopic (exact) mass is 413 g/mol. The van der Waals surface area contributed by atoms with E-state index in [1.165, 1.54) is 15.9 Å². The van der Waals surface area contributed by atoms with Gasteiger partial charge in [0.15, 0.2) is 5.78 Å². The molecule has 2 saturated heterocycles. The van der Waals surface area contributed by atoms with Crippen molar-refractivity contribution in [1.82, 2.24) is 4.90 Å². The predicted molar refractivity (Wildman–Crippen MR) is 129 cm³/mol. The Hall–Kier alpha value is -2.41. The van der Waals surface area contributed by atoms with E-state index in [-0.39, 0.29) is 5.41 Å². The standard InChI is InChI=1S/C27H28NOP/c29-26(27-17-10-19-28(22-27)20-18-27)21-30(23-11-4-1-5-12-23,24-13-6-2-7-14-24)25-15-8-3-9-16-25/h1-9,11-16,21H,10,17-20,22H2. The molecule has 2 bridgehead atoms. The first-order valence-electron chi connectivity index (χ1n) is 10.9. The molecule has 30 heavy (non-hydrogen) atoms. The average Bonchev–Trinajstić information content (AvgIpc) is 3.13. The van der Waals surface area contributed by atoms with Crippen LogP contribution in [0, 0.1) is 5.41 Å². The van der Waals surface area contributed by atoms with Crippen molar-refractivity contribution >= 4 is 34.4 Å². The minimum Gasteiger partial charge on any atom is -0.302 e. The highest BCUT2D eigenvalue weighted by Gasteiger charge is 2.46. The van der Waals surface area contributed by atoms with Crippen molar-refractivity contribution in [3.63, 3.8) is 0 Å². The van der Waals surface area contributed by atoms with Gasteiger partial charge >= 0.3 is 0 Å². The third kappa shape index (κ3) is 3.29. The maximum atomic E-state index is 14.1. The van der Waals surface area contributed by atoms with Crippen molar-refractivity contribution in [3.05, 3.63) is 91.0 Å². The molecule has 0 N–H and O–H groups in total. The Morgan fingerprint density at radius 2 is 1.23 bits per heavy atom. The zero-order valence-corrected chi connectivity index (χ0v) is 18.2. The van der Waals surface area contributed by atoms with Gasteiger partial charge in [-0.3, -0.25) is 4.79 Å². The molecule has 0 amide bonds. The first kappa shape index (κ1) is 19.5. The second-order valence-corrected chi connectivity index (χ2v) is 11.9. The quantitative estimate of drug-likeness (QED) is 0.593. The molecule has 0 aliphatic carbocycles. The van der Waals surface area contributed by atoms with Crippen LogP contribution in [-0.2, 0) is 4.79 Å². The number of hydrogen-bond acceptors (Lipinski definition) is 2. The fourth-order valence-corrected chi connectivity index (χ4v) is 9.19. The van der Waals surface area contributed by atoms with E-state index in [0.717, 1.165) is 38.9 Å². The van der Waals surface area contributed by atoms with Crippen LogP contribution in [0.2, 0.25) is 0 Å². The van der Waals surface area contributed by atoms with E-state index >= 15 is 0 Å². The summed E-state index contributed by atoms with van der Waals surface area (Å²) in [5, 5.41) is 3.74. The van der Waals surface area contributed by atoms with Crippen molar-refractivity contribution in [2.75, 3.05) is 19.6 Å². The van der Waals surface area contributed by atoms with E-state index in [0.29, 0.717) is 5.78 Å². The molecule has 2 heterocycles. The zero-order chi connectivity index (χ0) is 20.4. The van der Waals surface area contributed by atoms with E-state index in [1.54, 1.807) is 0 Å². The van der Waals surface area contributed by atoms with Crippen LogP contribution in [0.5, 0.6) is 0 Å². The van der Waals surface area contributed by atoms with Crippen LogP contribution < -0.4 is 15.9 Å². The van der Waals surface area contributed by atoms with Gasteiger partial charge < -0.3 is 4.90 Å². The lowest BCUT2D eigenvalue weighted by Gasteiger charge is -2.34. The van der Waals surface area contributed by atoms with Gasteiger partial charge in [0.25, 0.3) is 0 Å². The number of carbonyl (C=O) groups is 1. The van der Waals surface area contributed by atoms with Gasteiger partial charge in [-0.2, -0.15) is 0 Å². The Bertz CT molecular complexity index is 970. The topological polar surface area (TPSA) is 20.3 Å². The number of rotatable bonds is 5. The molecule has 2 aliphatic heterocycles. The molecule has 0 saturated carbocycles. The summed E-state index contributed by atoms with van der Waals surface area (Å²) in [5.74, 6) is 2.52. The third-order valence-corrected chi connectivity index (χ3v) is 10.8. The number of carbonyl (C=O) groups excluding carboxylic acids is 1. The highest BCUT2D eigenvalue weighted by molar-refractivity contribution is 7.95. The number of ketones is 1. The maximum Gasteiger partial charge on any atom is 0.164 e. The molecule has 152 valence electrons. The van der Waals surface area contributed by atoms with E-state index in [4.69, 9.17) is 0 Å². The molecule has 3 aromatic carbocycles. The SMILES string of the molecule is O=C(C=P(c1ccccc1)(c1ccccc1)c1ccccc1)C12CCCN(CC1)C2. The highest BCUT2D eigenvalue weighted by Crippen LogP contribution is 2.47. The summed E-state index contributed by atoms with van der Waals surface area (Å²) < 4.78 is 0. The predicted octanol–water partition coefficient (Wildman–Crippen LogP) is 3.84. The number of hydrogen-bond donors (Lipinski definition) is 0. The van der Waals surface area contributed by atoms with Gasteiger partial charge in [-0.15, -0.1) is 0 Å². The number of piperidine rings is 1. The fraction of sp³-hybridized carbons (Fsp3) is 0.259. The molecule has 2 fully saturated rings. The fourth-order valence-electron chi connectivity index (χ4n) is 5.29. The maximum absolute atomic E-state index is 14.1. The first-order valence-corrected chi connectivity index (χ1v) is 12.8.